The van der Waals surface area contributed by atoms with Gasteiger partial charge in [-0.2, -0.15) is 0 Å². The number of aromatic nitrogens is 1. The van der Waals surface area contributed by atoms with Crippen LogP contribution in [-0.4, -0.2) is 18.1 Å². The van der Waals surface area contributed by atoms with E-state index in [-0.39, 0.29) is 18.0 Å². The lowest BCUT2D eigenvalue weighted by Gasteiger charge is -2.03. The monoisotopic (exact) mass is 200 g/mol. The van der Waals surface area contributed by atoms with Crippen LogP contribution in [-0.2, 0) is 0 Å². The van der Waals surface area contributed by atoms with Gasteiger partial charge in [0.1, 0.15) is 0 Å². The highest BCUT2D eigenvalue weighted by Gasteiger charge is 2.19. The van der Waals surface area contributed by atoms with Crippen molar-refractivity contribution in [3.63, 3.8) is 0 Å². The summed E-state index contributed by atoms with van der Waals surface area (Å²) in [6.07, 6.45) is 2.93. The molecule has 1 saturated heterocycles. The Balaban J connectivity index is 0.000000845. The van der Waals surface area contributed by atoms with Gasteiger partial charge >= 0.3 is 0 Å². The minimum absolute atomic E-state index is 0. The third-order valence-corrected chi connectivity index (χ3v) is 2.44. The van der Waals surface area contributed by atoms with E-state index in [1.807, 2.05) is 6.07 Å². The van der Waals surface area contributed by atoms with Crippen molar-refractivity contribution >= 4 is 0 Å². The summed E-state index contributed by atoms with van der Waals surface area (Å²) < 4.78 is 0. The van der Waals surface area contributed by atoms with Gasteiger partial charge in [-0.3, -0.25) is 4.79 Å². The molecule has 0 spiro atoms. The Morgan fingerprint density at radius 3 is 3.00 bits per heavy atom. The highest BCUT2D eigenvalue weighted by molar-refractivity contribution is 5.16. The standard InChI is InChI=1S/C9H12N2O.ClH/c12-9-5-7(2-4-11-9)8-1-3-10-6-8;/h2,4-5,8,10H,1,3,6H2,(H,11,12);1H. The Morgan fingerprint density at radius 1 is 1.54 bits per heavy atom. The molecule has 0 saturated carbocycles. The van der Waals surface area contributed by atoms with E-state index < -0.39 is 0 Å². The summed E-state index contributed by atoms with van der Waals surface area (Å²) in [6, 6.07) is 3.72. The highest BCUT2D eigenvalue weighted by atomic mass is 35.5. The zero-order chi connectivity index (χ0) is 8.39. The van der Waals surface area contributed by atoms with Gasteiger partial charge in [0, 0.05) is 24.6 Å². The van der Waals surface area contributed by atoms with Gasteiger partial charge < -0.3 is 22.7 Å². The predicted molar refractivity (Wildman–Crippen MR) is 46.1 cm³/mol. The average molecular weight is 201 g/mol. The number of rotatable bonds is 1. The Hall–Kier alpha value is -0.800. The minimum Gasteiger partial charge on any atom is -1.00 e. The second-order valence-electron chi connectivity index (χ2n) is 3.28. The first-order valence-electron chi connectivity index (χ1n) is 4.36. The van der Waals surface area contributed by atoms with Crippen LogP contribution in [0.1, 0.15) is 17.9 Å². The number of pyridine rings is 1. The van der Waals surface area contributed by atoms with Crippen molar-refractivity contribution in [2.24, 2.45) is 0 Å². The lowest BCUT2D eigenvalue weighted by atomic mass is 10.00. The van der Waals surface area contributed by atoms with E-state index >= 15 is 0 Å². The largest absolute Gasteiger partial charge is 1.00 e. The molecule has 2 rings (SSSR count). The van der Waals surface area contributed by atoms with Crippen molar-refractivity contribution in [1.29, 1.82) is 0 Å². The maximum atomic E-state index is 11.0. The zero-order valence-electron chi connectivity index (χ0n) is 7.29. The van der Waals surface area contributed by atoms with E-state index in [1.54, 1.807) is 12.3 Å². The molecule has 72 valence electrons. The number of hydrogen-bond donors (Lipinski definition) is 2. The number of hydrogen-bond acceptors (Lipinski definition) is 1. The van der Waals surface area contributed by atoms with Crippen LogP contribution in [0.15, 0.2) is 23.1 Å². The van der Waals surface area contributed by atoms with Gasteiger partial charge in [0.15, 0.2) is 0 Å². The van der Waals surface area contributed by atoms with E-state index in [9.17, 15) is 4.79 Å². The fourth-order valence-electron chi connectivity index (χ4n) is 1.77. The molecule has 2 heterocycles. The molecule has 0 bridgehead atoms. The van der Waals surface area contributed by atoms with Crippen LogP contribution < -0.4 is 23.3 Å². The van der Waals surface area contributed by atoms with E-state index in [0.717, 1.165) is 6.54 Å². The number of halogens is 1. The molecule has 0 radical (unpaired) electrons. The lowest BCUT2D eigenvalue weighted by molar-refractivity contribution is -0.636. The predicted octanol–water partition coefficient (Wildman–Crippen LogP) is -3.57. The molecule has 1 unspecified atom stereocenters. The van der Waals surface area contributed by atoms with Gasteiger partial charge in [-0.05, 0) is 11.6 Å². The van der Waals surface area contributed by atoms with Gasteiger partial charge in [-0.25, -0.2) is 0 Å². The second-order valence-corrected chi connectivity index (χ2v) is 3.28. The first-order chi connectivity index (χ1) is 5.86. The van der Waals surface area contributed by atoms with Crippen LogP contribution in [0, 0.1) is 0 Å². The van der Waals surface area contributed by atoms with E-state index in [4.69, 9.17) is 0 Å². The van der Waals surface area contributed by atoms with Crippen molar-refractivity contribution in [1.82, 2.24) is 4.98 Å². The Kier molecular flexibility index (Phi) is 3.51. The molecule has 0 aliphatic carbocycles. The molecule has 1 atom stereocenters. The summed E-state index contributed by atoms with van der Waals surface area (Å²) in [6.45, 7) is 2.32. The molecule has 1 aromatic heterocycles. The number of H-pyrrole nitrogens is 1. The van der Waals surface area contributed by atoms with Crippen LogP contribution in [0.25, 0.3) is 0 Å². The molecule has 0 amide bonds. The van der Waals surface area contributed by atoms with Crippen LogP contribution in [0.3, 0.4) is 0 Å². The molecule has 4 heteroatoms. The van der Waals surface area contributed by atoms with Gasteiger partial charge in [-0.15, -0.1) is 0 Å². The van der Waals surface area contributed by atoms with E-state index in [0.29, 0.717) is 5.92 Å². The normalized spacial score (nSPS) is 21.1. The molecule has 1 aliphatic rings. The Bertz CT molecular complexity index is 317. The maximum Gasteiger partial charge on any atom is 0.248 e. The third kappa shape index (κ3) is 2.32. The molecule has 3 N–H and O–H groups in total. The minimum atomic E-state index is 0. The summed E-state index contributed by atoms with van der Waals surface area (Å²) in [5, 5.41) is 2.30. The molecule has 1 aromatic rings. The topological polar surface area (TPSA) is 49.5 Å². The van der Waals surface area contributed by atoms with E-state index in [1.165, 1.54) is 18.5 Å². The molecule has 3 nitrogen and oxygen atoms in total. The zero-order valence-corrected chi connectivity index (χ0v) is 8.05. The van der Waals surface area contributed by atoms with Crippen molar-refractivity contribution in [3.05, 3.63) is 34.2 Å². The molecule has 0 aromatic carbocycles. The average Bonchev–Trinajstić information content (AvgIpc) is 2.56. The van der Waals surface area contributed by atoms with E-state index in [2.05, 4.69) is 10.3 Å². The number of quaternary nitrogens is 1. The fourth-order valence-corrected chi connectivity index (χ4v) is 1.77. The molecular weight excluding hydrogens is 188 g/mol. The second kappa shape index (κ2) is 4.44. The van der Waals surface area contributed by atoms with Gasteiger partial charge in [0.25, 0.3) is 0 Å². The summed E-state index contributed by atoms with van der Waals surface area (Å²) in [5.74, 6) is 0.590. The Morgan fingerprint density at radius 2 is 2.38 bits per heavy atom. The molecular formula is C9H13ClN2O. The summed E-state index contributed by atoms with van der Waals surface area (Å²) in [7, 11) is 0. The van der Waals surface area contributed by atoms with Crippen molar-refractivity contribution in [2.45, 2.75) is 12.3 Å². The number of aromatic amines is 1. The maximum absolute atomic E-state index is 11.0. The SMILES string of the molecule is O=c1cc(C2CC[NH2+]C2)cc[nH]1.[Cl-]. The first-order valence-corrected chi connectivity index (χ1v) is 4.36. The van der Waals surface area contributed by atoms with Crippen molar-refractivity contribution in [2.75, 3.05) is 13.1 Å². The quantitative estimate of drug-likeness (QED) is 0.484. The smallest absolute Gasteiger partial charge is 0.248 e. The number of nitrogens with two attached hydrogens (primary N) is 1. The molecule has 13 heavy (non-hydrogen) atoms. The summed E-state index contributed by atoms with van der Waals surface area (Å²) in [5.41, 5.74) is 1.20. The fraction of sp³-hybridized carbons (Fsp3) is 0.444. The molecule has 1 fully saturated rings. The van der Waals surface area contributed by atoms with Gasteiger partial charge in [0.2, 0.25) is 5.56 Å². The first kappa shape index (κ1) is 10.3. The third-order valence-electron chi connectivity index (χ3n) is 2.44. The summed E-state index contributed by atoms with van der Waals surface area (Å²) in [4.78, 5) is 13.6. The highest BCUT2D eigenvalue weighted by Crippen LogP contribution is 2.16. The van der Waals surface area contributed by atoms with Crippen LogP contribution >= 0.6 is 0 Å². The van der Waals surface area contributed by atoms with Crippen LogP contribution in [0.4, 0.5) is 0 Å². The summed E-state index contributed by atoms with van der Waals surface area (Å²) >= 11 is 0. The van der Waals surface area contributed by atoms with Crippen LogP contribution in [0.5, 0.6) is 0 Å². The Labute approximate surface area is 83.0 Å². The molecule has 1 aliphatic heterocycles. The number of nitrogens with one attached hydrogen (secondary N) is 1. The van der Waals surface area contributed by atoms with Crippen molar-refractivity contribution in [3.8, 4) is 0 Å². The lowest BCUT2D eigenvalue weighted by Crippen LogP contribution is -3.00. The van der Waals surface area contributed by atoms with Gasteiger partial charge in [0.05, 0.1) is 13.1 Å². The van der Waals surface area contributed by atoms with Crippen LogP contribution in [0.2, 0.25) is 0 Å². The van der Waals surface area contributed by atoms with Crippen molar-refractivity contribution < 1.29 is 17.7 Å². The van der Waals surface area contributed by atoms with Gasteiger partial charge in [-0.1, -0.05) is 0 Å².